The highest BCUT2D eigenvalue weighted by Crippen LogP contribution is 2.33. The number of amides is 3. The lowest BCUT2D eigenvalue weighted by atomic mass is 9.87. The number of piperazine rings is 1. The Morgan fingerprint density at radius 1 is 0.960 bits per heavy atom. The molecule has 264 valence electrons. The predicted octanol–water partition coefficient (Wildman–Crippen LogP) is 2.81. The van der Waals surface area contributed by atoms with E-state index in [4.69, 9.17) is 11.6 Å². The number of nitrogens with zero attached hydrogens (tertiary/aromatic N) is 6. The number of anilines is 2. The molecule has 50 heavy (non-hydrogen) atoms. The maximum Gasteiger partial charge on any atom is 0.287 e. The third kappa shape index (κ3) is 7.01. The number of halogens is 1. The molecule has 1 aromatic heterocycles. The number of hydrogen-bond acceptors (Lipinski definition) is 9. The first kappa shape index (κ1) is 34.2. The normalized spacial score (nSPS) is 23.8. The van der Waals surface area contributed by atoms with Gasteiger partial charge >= 0.3 is 0 Å². The highest BCUT2D eigenvalue weighted by atomic mass is 35.5. The zero-order valence-electron chi connectivity index (χ0n) is 28.9. The zero-order chi connectivity index (χ0) is 35.1. The van der Waals surface area contributed by atoms with Gasteiger partial charge in [0.2, 0.25) is 11.8 Å². The zero-order valence-corrected chi connectivity index (χ0v) is 29.7. The molecular weight excluding hydrogens is 656 g/mol. The van der Waals surface area contributed by atoms with Gasteiger partial charge in [-0.1, -0.05) is 29.8 Å². The Hall–Kier alpha value is -4.26. The minimum atomic E-state index is -0.323. The van der Waals surface area contributed by atoms with Crippen molar-refractivity contribution in [3.63, 3.8) is 0 Å². The van der Waals surface area contributed by atoms with E-state index in [2.05, 4.69) is 61.7 Å². The first-order valence-electron chi connectivity index (χ1n) is 17.5. The summed E-state index contributed by atoms with van der Waals surface area (Å²) in [6, 6.07) is 14.9. The van der Waals surface area contributed by atoms with E-state index >= 15 is 0 Å². The highest BCUT2D eigenvalue weighted by molar-refractivity contribution is 6.32. The minimum Gasteiger partial charge on any atom is -0.378 e. The summed E-state index contributed by atoms with van der Waals surface area (Å²) < 4.78 is 1.23. The van der Waals surface area contributed by atoms with Crippen molar-refractivity contribution in [2.75, 3.05) is 69.6 Å². The molecule has 3 atom stereocenters. The quantitative estimate of drug-likeness (QED) is 0.359. The van der Waals surface area contributed by atoms with Crippen molar-refractivity contribution in [3.8, 4) is 0 Å². The number of aromatic nitrogens is 2. The van der Waals surface area contributed by atoms with Crippen molar-refractivity contribution in [2.45, 2.75) is 50.1 Å². The van der Waals surface area contributed by atoms with E-state index in [0.29, 0.717) is 43.2 Å². The molecule has 3 amide bonds. The fourth-order valence-electron chi connectivity index (χ4n) is 8.00. The summed E-state index contributed by atoms with van der Waals surface area (Å²) in [4.78, 5) is 58.8. The SMILES string of the molecule is Cc1cc(N2CC(N3CCN(C(=O)c4ccc([C@@H]5C[C@H](Nc6cnn(C)c(=O)c6Cl)CN(C)C5)cc4)CC3)C2)ccc1C1CCC(=O)NC1=O. The summed E-state index contributed by atoms with van der Waals surface area (Å²) >= 11 is 6.31. The second kappa shape index (κ2) is 14.2. The van der Waals surface area contributed by atoms with Crippen LogP contribution in [0.3, 0.4) is 0 Å². The van der Waals surface area contributed by atoms with E-state index in [1.165, 1.54) is 10.2 Å². The Bertz CT molecular complexity index is 1830. The summed E-state index contributed by atoms with van der Waals surface area (Å²) in [5, 5.41) is 10.2. The molecule has 2 N–H and O–H groups in total. The molecule has 12 nitrogen and oxygen atoms in total. The van der Waals surface area contributed by atoms with Crippen molar-refractivity contribution < 1.29 is 14.4 Å². The van der Waals surface area contributed by atoms with E-state index < -0.39 is 0 Å². The number of likely N-dealkylation sites (tertiary alicyclic amines) is 1. The molecule has 7 rings (SSSR count). The molecule has 13 heteroatoms. The van der Waals surface area contributed by atoms with Crippen LogP contribution in [-0.4, -0.2) is 114 Å². The second-order valence-electron chi connectivity index (χ2n) is 14.3. The molecule has 3 aromatic rings. The van der Waals surface area contributed by atoms with Crippen LogP contribution in [0.25, 0.3) is 0 Å². The molecule has 4 fully saturated rings. The number of aryl methyl sites for hydroxylation is 2. The molecule has 0 aliphatic carbocycles. The van der Waals surface area contributed by atoms with Crippen LogP contribution in [0.1, 0.15) is 58.1 Å². The van der Waals surface area contributed by atoms with Crippen molar-refractivity contribution >= 4 is 40.7 Å². The maximum absolute atomic E-state index is 13.5. The van der Waals surface area contributed by atoms with Crippen LogP contribution in [0.2, 0.25) is 5.02 Å². The number of rotatable bonds is 7. The van der Waals surface area contributed by atoms with Crippen LogP contribution in [0.4, 0.5) is 11.4 Å². The predicted molar refractivity (Wildman–Crippen MR) is 193 cm³/mol. The fraction of sp³-hybridized carbons (Fsp3) is 0.486. The highest BCUT2D eigenvalue weighted by Gasteiger charge is 2.36. The van der Waals surface area contributed by atoms with Gasteiger partial charge in [-0.05, 0) is 73.7 Å². The van der Waals surface area contributed by atoms with Crippen LogP contribution < -0.4 is 21.1 Å². The molecule has 0 spiro atoms. The third-order valence-electron chi connectivity index (χ3n) is 10.9. The van der Waals surface area contributed by atoms with E-state index in [0.717, 1.165) is 62.5 Å². The lowest BCUT2D eigenvalue weighted by molar-refractivity contribution is -0.134. The average Bonchev–Trinajstić information content (AvgIpc) is 3.08. The molecule has 4 aliphatic rings. The van der Waals surface area contributed by atoms with Crippen LogP contribution in [-0.2, 0) is 16.6 Å². The average molecular weight is 701 g/mol. The molecule has 2 aromatic carbocycles. The Labute approximate surface area is 297 Å². The van der Waals surface area contributed by atoms with Crippen LogP contribution in [0.5, 0.6) is 0 Å². The number of carbonyl (C=O) groups is 3. The van der Waals surface area contributed by atoms with Gasteiger partial charge in [0.05, 0.1) is 17.8 Å². The molecule has 5 heterocycles. The van der Waals surface area contributed by atoms with Gasteiger partial charge in [-0.2, -0.15) is 5.10 Å². The Morgan fingerprint density at radius 3 is 2.40 bits per heavy atom. The molecule has 4 saturated heterocycles. The lowest BCUT2D eigenvalue weighted by Crippen LogP contribution is -2.63. The summed E-state index contributed by atoms with van der Waals surface area (Å²) in [7, 11) is 3.67. The summed E-state index contributed by atoms with van der Waals surface area (Å²) in [6.07, 6.45) is 3.41. The van der Waals surface area contributed by atoms with Gasteiger partial charge in [-0.25, -0.2) is 4.68 Å². The van der Waals surface area contributed by atoms with E-state index in [1.807, 2.05) is 30.0 Å². The van der Waals surface area contributed by atoms with Gasteiger partial charge < -0.3 is 20.0 Å². The molecule has 0 bridgehead atoms. The van der Waals surface area contributed by atoms with Gasteiger partial charge in [0.15, 0.2) is 0 Å². The van der Waals surface area contributed by atoms with Gasteiger partial charge in [0.25, 0.3) is 11.5 Å². The van der Waals surface area contributed by atoms with Crippen molar-refractivity contribution in [1.29, 1.82) is 0 Å². The summed E-state index contributed by atoms with van der Waals surface area (Å²) in [5.41, 5.74) is 5.36. The number of nitrogens with one attached hydrogen (secondary N) is 2. The molecule has 1 unspecified atom stereocenters. The number of hydrogen-bond donors (Lipinski definition) is 2. The maximum atomic E-state index is 13.5. The summed E-state index contributed by atoms with van der Waals surface area (Å²) in [6.45, 7) is 8.76. The number of imide groups is 1. The summed E-state index contributed by atoms with van der Waals surface area (Å²) in [5.74, 6) is -0.313. The standard InChI is InChI=1S/C37H45ClN8O4/c1-23-16-28(8-9-30(23)31-10-11-33(47)41-35(31)48)46-21-29(22-46)44-12-14-45(15-13-44)36(49)25-6-4-24(5-7-25)26-17-27(20-42(2)19-26)40-32-18-39-43(3)37(50)34(32)38/h4-9,16,18,26-27,29,31,40H,10-15,17,19-22H2,1-3H3,(H,41,47,48)/t26-,27+,31?/m1/s1. The first-order chi connectivity index (χ1) is 24.0. The van der Waals surface area contributed by atoms with Crippen molar-refractivity contribution in [3.05, 3.63) is 86.3 Å². The molecule has 0 saturated carbocycles. The second-order valence-corrected chi connectivity index (χ2v) is 14.7. The molecule has 4 aliphatic heterocycles. The fourth-order valence-corrected chi connectivity index (χ4v) is 8.23. The number of likely N-dealkylation sites (N-methyl/N-ethyl adjacent to an activating group) is 1. The van der Waals surface area contributed by atoms with Gasteiger partial charge in [0, 0.05) is 89.2 Å². The lowest BCUT2D eigenvalue weighted by Gasteiger charge is -2.49. The van der Waals surface area contributed by atoms with E-state index in [9.17, 15) is 19.2 Å². The third-order valence-corrected chi connectivity index (χ3v) is 11.3. The topological polar surface area (TPSA) is 123 Å². The Kier molecular flexibility index (Phi) is 9.69. The van der Waals surface area contributed by atoms with E-state index in [1.54, 1.807) is 13.2 Å². The smallest absolute Gasteiger partial charge is 0.287 e. The molecule has 0 radical (unpaired) electrons. The Balaban J connectivity index is 0.890. The van der Waals surface area contributed by atoms with Crippen LogP contribution >= 0.6 is 11.6 Å². The van der Waals surface area contributed by atoms with Crippen LogP contribution in [0.15, 0.2) is 53.5 Å². The first-order valence-corrected chi connectivity index (χ1v) is 17.9. The van der Waals surface area contributed by atoms with Gasteiger partial charge in [-0.15, -0.1) is 0 Å². The van der Waals surface area contributed by atoms with E-state index in [-0.39, 0.29) is 46.2 Å². The minimum absolute atomic E-state index is 0.0751. The van der Waals surface area contributed by atoms with Gasteiger partial charge in [0.1, 0.15) is 5.02 Å². The number of piperidine rings is 2. The van der Waals surface area contributed by atoms with Gasteiger partial charge in [-0.3, -0.25) is 29.4 Å². The van der Waals surface area contributed by atoms with Crippen LogP contribution in [0, 0.1) is 6.92 Å². The molecular formula is C37H45ClN8O4. The van der Waals surface area contributed by atoms with Crippen molar-refractivity contribution in [1.82, 2.24) is 29.8 Å². The number of carbonyl (C=O) groups excluding carboxylic acids is 3. The number of benzene rings is 2. The monoisotopic (exact) mass is 700 g/mol. The van der Waals surface area contributed by atoms with Crippen molar-refractivity contribution in [2.24, 2.45) is 7.05 Å². The largest absolute Gasteiger partial charge is 0.378 e. The Morgan fingerprint density at radius 2 is 1.70 bits per heavy atom.